The quantitative estimate of drug-likeness (QED) is 0.111. The number of thiophene rings is 3. The second-order valence-electron chi connectivity index (χ2n) is 19.5. The number of carboxylic acid groups (broad SMARTS) is 1. The van der Waals surface area contributed by atoms with E-state index in [1.165, 1.54) is 32.8 Å². The van der Waals surface area contributed by atoms with Gasteiger partial charge in [0.15, 0.2) is 0 Å². The van der Waals surface area contributed by atoms with Crippen LogP contribution in [0.2, 0.25) is 10.3 Å². The number of primary amides is 2. The zero-order valence-corrected chi connectivity index (χ0v) is 44.0. The highest BCUT2D eigenvalue weighted by Crippen LogP contribution is 2.43. The van der Waals surface area contributed by atoms with Gasteiger partial charge in [-0.15, -0.1) is 34.0 Å². The van der Waals surface area contributed by atoms with Crippen molar-refractivity contribution >= 4 is 106 Å². The average molecular weight is 1050 g/mol. The number of aliphatic carboxylic acids is 1. The van der Waals surface area contributed by atoms with Crippen molar-refractivity contribution in [2.24, 2.45) is 29.2 Å². The molecular formula is C49H62Cl2N10O6S3. The minimum atomic E-state index is -0.733. The van der Waals surface area contributed by atoms with Gasteiger partial charge in [0, 0.05) is 38.6 Å². The number of carbonyl (C=O) groups excluding carboxylic acids is 2. The third-order valence-corrected chi connectivity index (χ3v) is 18.8. The zero-order chi connectivity index (χ0) is 49.8. The summed E-state index contributed by atoms with van der Waals surface area (Å²) in [5.41, 5.74) is 14.3. The molecule has 3 atom stereocenters. The Bertz CT molecular complexity index is 2710. The maximum atomic E-state index is 11.7. The molecule has 0 aliphatic heterocycles. The smallest absolute Gasteiger partial charge is 0.306 e. The minimum absolute atomic E-state index is 0.0174. The first-order chi connectivity index (χ1) is 33.6. The summed E-state index contributed by atoms with van der Waals surface area (Å²) >= 11 is 17.1. The van der Waals surface area contributed by atoms with Crippen LogP contribution in [0.4, 0.5) is 0 Å². The fourth-order valence-electron chi connectivity index (χ4n) is 10.4. The summed E-state index contributed by atoms with van der Waals surface area (Å²) in [5, 5.41) is 21.9. The zero-order valence-electron chi connectivity index (χ0n) is 40.0. The number of aromatic nitrogens is 6. The fraction of sp³-hybridized carbons (Fsp3) is 0.571. The molecule has 0 spiro atoms. The highest BCUT2D eigenvalue weighted by molar-refractivity contribution is 7.19. The number of rotatable bonds is 7. The lowest BCUT2D eigenvalue weighted by molar-refractivity contribution is -0.142. The first-order valence-corrected chi connectivity index (χ1v) is 27.3. The second kappa shape index (κ2) is 23.1. The van der Waals surface area contributed by atoms with Crippen LogP contribution in [0.3, 0.4) is 0 Å². The van der Waals surface area contributed by atoms with Gasteiger partial charge in [-0.3, -0.25) is 14.4 Å². The van der Waals surface area contributed by atoms with E-state index >= 15 is 0 Å². The summed E-state index contributed by atoms with van der Waals surface area (Å²) in [7, 11) is 8.52. The van der Waals surface area contributed by atoms with Gasteiger partial charge < -0.3 is 36.2 Å². The predicted molar refractivity (Wildman–Crippen MR) is 277 cm³/mol. The van der Waals surface area contributed by atoms with Crippen LogP contribution in [0.1, 0.15) is 102 Å². The number of aliphatic hydroxyl groups excluding tert-OH is 1. The van der Waals surface area contributed by atoms with Gasteiger partial charge in [0.1, 0.15) is 49.9 Å². The molecule has 6 aromatic rings. The van der Waals surface area contributed by atoms with Gasteiger partial charge in [-0.1, -0.05) is 23.2 Å². The Morgan fingerprint density at radius 2 is 0.957 bits per heavy atom. The van der Waals surface area contributed by atoms with Gasteiger partial charge in [-0.05, 0) is 154 Å². The van der Waals surface area contributed by atoms with Crippen LogP contribution >= 0.6 is 57.2 Å². The Hall–Kier alpha value is -4.21. The van der Waals surface area contributed by atoms with E-state index in [-0.39, 0.29) is 41.8 Å². The molecule has 2 amide bonds. The molecule has 5 aliphatic rings. The molecule has 11 rings (SSSR count). The molecule has 0 radical (unpaired) electrons. The summed E-state index contributed by atoms with van der Waals surface area (Å²) in [4.78, 5) is 70.3. The monoisotopic (exact) mass is 1050 g/mol. The van der Waals surface area contributed by atoms with Gasteiger partial charge in [-0.2, -0.15) is 0 Å². The van der Waals surface area contributed by atoms with Gasteiger partial charge in [0.2, 0.25) is 17.7 Å². The topological polar surface area (TPSA) is 237 Å². The molecule has 16 nitrogen and oxygen atoms in total. The molecule has 0 saturated heterocycles. The Balaban J connectivity index is 0.000000132. The number of nitrogens with two attached hydrogens (primary N) is 2. The van der Waals surface area contributed by atoms with Crippen LogP contribution in [-0.4, -0.2) is 120 Å². The molecule has 70 heavy (non-hydrogen) atoms. The molecular weight excluding hydrogens is 992 g/mol. The summed E-state index contributed by atoms with van der Waals surface area (Å²) in [6, 6.07) is 1.36. The van der Waals surface area contributed by atoms with Crippen LogP contribution < -0.4 is 16.2 Å². The molecule has 6 heterocycles. The summed E-state index contributed by atoms with van der Waals surface area (Å²) in [6.07, 6.45) is 20.2. The third kappa shape index (κ3) is 12.0. The van der Waals surface area contributed by atoms with E-state index in [0.717, 1.165) is 125 Å². The van der Waals surface area contributed by atoms with Gasteiger partial charge in [0.25, 0.3) is 0 Å². The van der Waals surface area contributed by atoms with E-state index in [4.69, 9.17) is 44.5 Å². The van der Waals surface area contributed by atoms with Gasteiger partial charge >= 0.3 is 5.97 Å². The van der Waals surface area contributed by atoms with E-state index in [1.54, 1.807) is 40.3 Å². The van der Waals surface area contributed by atoms with Crippen molar-refractivity contribution < 1.29 is 29.3 Å². The molecule has 0 bridgehead atoms. The van der Waals surface area contributed by atoms with E-state index in [0.29, 0.717) is 54.0 Å². The Morgan fingerprint density at radius 1 is 0.571 bits per heavy atom. The van der Waals surface area contributed by atoms with Crippen LogP contribution in [0, 0.1) is 17.8 Å². The number of carboxylic acids is 1. The van der Waals surface area contributed by atoms with E-state index in [1.807, 2.05) is 0 Å². The molecule has 6 N–H and O–H groups in total. The standard InChI is InChI=1S/C19H26N4O2S.C11H10ClN3OS.C11H9ClN2O2S.C8H17NO/c1-23(2)12-4-6-13(7-5-12)25-18-16-14-9-11(17(20)24)3-8-15(14)26-19(16)22-10-21-18;12-9-8-6-3-5(10(13)16)1-2-7(6)17-11(8)15-4-14-9;12-9-8-6-3-5(11(15)16)1-2-7(6)17-10(8)14-4-13-9;1-9(2)7-3-5-8(10)6-4-7/h10-13H,3-9H2,1-2H3,(H2,20,24);4-5H,1-3H2,(H2,13,16);4-5H,1-3H2,(H,15,16);7-8,10H,3-6H2,1-2H3/t11-,12?,13?;2*5-;/m000./s1. The Labute approximate surface area is 429 Å². The van der Waals surface area contributed by atoms with Crippen LogP contribution in [0.25, 0.3) is 30.6 Å². The molecule has 376 valence electrons. The average Bonchev–Trinajstić information content (AvgIpc) is 4.04. The number of aliphatic hydroxyl groups is 1. The lowest BCUT2D eigenvalue weighted by Crippen LogP contribution is -2.35. The summed E-state index contributed by atoms with van der Waals surface area (Å²) in [6.45, 7) is 0. The molecule has 2 fully saturated rings. The predicted octanol–water partition coefficient (Wildman–Crippen LogP) is 7.85. The number of amides is 2. The number of carbonyl (C=O) groups is 3. The summed E-state index contributed by atoms with van der Waals surface area (Å²) in [5.74, 6) is -0.981. The van der Waals surface area contributed by atoms with E-state index in [2.05, 4.69) is 67.9 Å². The fourth-order valence-corrected chi connectivity index (χ4v) is 14.6. The third-order valence-electron chi connectivity index (χ3n) is 14.6. The summed E-state index contributed by atoms with van der Waals surface area (Å²) < 4.78 is 6.34. The molecule has 0 aromatic carbocycles. The largest absolute Gasteiger partial charge is 0.481 e. The normalized spacial score (nSPS) is 24.0. The van der Waals surface area contributed by atoms with Crippen molar-refractivity contribution in [1.29, 1.82) is 0 Å². The van der Waals surface area contributed by atoms with Gasteiger partial charge in [-0.25, -0.2) is 29.9 Å². The number of halogens is 2. The maximum Gasteiger partial charge on any atom is 0.306 e. The van der Waals surface area contributed by atoms with Crippen LogP contribution in [0.5, 0.6) is 5.88 Å². The SMILES string of the molecule is CN(C)C1CCC(O)CC1.CN(C)C1CCC(Oc2ncnc3sc4c(c23)C[C@@H](C(N)=O)CC4)CC1.NC(=O)[C@H]1CCc2sc3ncnc(Cl)c3c2C1.O=C(O)[C@H]1CCc2sc3ncnc(Cl)c3c2C1. The van der Waals surface area contributed by atoms with E-state index in [9.17, 15) is 19.5 Å². The maximum absolute atomic E-state index is 11.7. The van der Waals surface area contributed by atoms with Crippen molar-refractivity contribution in [2.45, 2.75) is 133 Å². The molecule has 6 aromatic heterocycles. The van der Waals surface area contributed by atoms with Crippen molar-refractivity contribution in [1.82, 2.24) is 39.7 Å². The highest BCUT2D eigenvalue weighted by atomic mass is 35.5. The Kier molecular flexibility index (Phi) is 17.2. The second-order valence-corrected chi connectivity index (χ2v) is 23.4. The number of fused-ring (bicyclic) bond motifs is 9. The number of ether oxygens (including phenoxy) is 1. The van der Waals surface area contributed by atoms with Crippen LogP contribution in [0.15, 0.2) is 19.0 Å². The van der Waals surface area contributed by atoms with Crippen molar-refractivity contribution in [3.05, 3.63) is 60.6 Å². The Morgan fingerprint density at radius 3 is 1.39 bits per heavy atom. The minimum Gasteiger partial charge on any atom is -0.481 e. The highest BCUT2D eigenvalue weighted by Gasteiger charge is 2.32. The number of nitrogens with zero attached hydrogens (tertiary/aromatic N) is 8. The first kappa shape index (κ1) is 52.1. The molecule has 21 heteroatoms. The lowest BCUT2D eigenvalue weighted by atomic mass is 9.87. The van der Waals surface area contributed by atoms with Crippen LogP contribution in [-0.2, 0) is 52.9 Å². The van der Waals surface area contributed by atoms with Crippen molar-refractivity contribution in [2.75, 3.05) is 28.2 Å². The van der Waals surface area contributed by atoms with Crippen molar-refractivity contribution in [3.63, 3.8) is 0 Å². The number of aryl methyl sites for hydroxylation is 3. The molecule has 0 unspecified atom stereocenters. The molecule has 5 aliphatic carbocycles. The number of hydrogen-bond donors (Lipinski definition) is 4. The number of hydrogen-bond acceptors (Lipinski definition) is 16. The first-order valence-electron chi connectivity index (χ1n) is 24.1. The lowest BCUT2D eigenvalue weighted by Gasteiger charge is -2.32. The van der Waals surface area contributed by atoms with E-state index < -0.39 is 5.97 Å². The van der Waals surface area contributed by atoms with Crippen molar-refractivity contribution in [3.8, 4) is 5.88 Å². The van der Waals surface area contributed by atoms with Gasteiger partial charge in [0.05, 0.1) is 28.2 Å². The molecule has 2 saturated carbocycles.